The first-order valence-electron chi connectivity index (χ1n) is 7.94. The Labute approximate surface area is 150 Å². The number of benzene rings is 2. The molecule has 0 fully saturated rings. The molecule has 0 saturated heterocycles. The molecule has 2 aromatic rings. The van der Waals surface area contributed by atoms with Gasteiger partial charge in [-0.2, -0.15) is 5.10 Å². The average Bonchev–Trinajstić information content (AvgIpc) is 3.14. The van der Waals surface area contributed by atoms with E-state index in [4.69, 9.17) is 9.47 Å². The Hall–Kier alpha value is -3.61. The van der Waals surface area contributed by atoms with Gasteiger partial charge in [-0.25, -0.2) is 5.43 Å². The lowest BCUT2D eigenvalue weighted by atomic mass is 10.2. The molecule has 3 rings (SSSR count). The Morgan fingerprint density at radius 1 is 1.08 bits per heavy atom. The number of hydrazone groups is 1. The van der Waals surface area contributed by atoms with Gasteiger partial charge in [0.15, 0.2) is 11.5 Å². The molecular weight excluding hydrogens is 334 g/mol. The van der Waals surface area contributed by atoms with Gasteiger partial charge in [-0.15, -0.1) is 0 Å². The van der Waals surface area contributed by atoms with Gasteiger partial charge >= 0.3 is 0 Å². The smallest absolute Gasteiger partial charge is 0.259 e. The molecule has 26 heavy (non-hydrogen) atoms. The lowest BCUT2D eigenvalue weighted by Gasteiger charge is -2.05. The first kappa shape index (κ1) is 17.2. The number of amides is 2. The molecule has 0 spiro atoms. The van der Waals surface area contributed by atoms with Gasteiger partial charge in [0, 0.05) is 11.8 Å². The molecule has 1 aliphatic rings. The molecule has 0 aromatic heterocycles. The molecule has 0 saturated carbocycles. The van der Waals surface area contributed by atoms with Crippen LogP contribution in [0.1, 0.15) is 15.9 Å². The molecule has 0 unspecified atom stereocenters. The number of allylic oxidation sites excluding steroid dienone is 1. The molecule has 0 radical (unpaired) electrons. The zero-order valence-electron chi connectivity index (χ0n) is 13.8. The van der Waals surface area contributed by atoms with Crippen LogP contribution in [0.25, 0.3) is 6.08 Å². The van der Waals surface area contributed by atoms with Crippen LogP contribution in [0.15, 0.2) is 59.7 Å². The van der Waals surface area contributed by atoms with Gasteiger partial charge in [-0.1, -0.05) is 36.4 Å². The fourth-order valence-corrected chi connectivity index (χ4v) is 2.21. The summed E-state index contributed by atoms with van der Waals surface area (Å²) in [5.74, 6) is 0.295. The van der Waals surface area contributed by atoms with Crippen molar-refractivity contribution >= 4 is 24.1 Å². The summed E-state index contributed by atoms with van der Waals surface area (Å²) in [5.41, 5.74) is 3.75. The van der Waals surface area contributed by atoms with E-state index < -0.39 is 5.91 Å². The summed E-state index contributed by atoms with van der Waals surface area (Å²) in [6, 6.07) is 14.5. The molecule has 7 nitrogen and oxygen atoms in total. The SMILES string of the molecule is O=C(CNC(=O)c1ccc2c(c1)OCO2)N/N=C\C=C\c1ccccc1. The number of nitrogens with zero attached hydrogens (tertiary/aromatic N) is 1. The van der Waals surface area contributed by atoms with Crippen molar-refractivity contribution < 1.29 is 19.1 Å². The highest BCUT2D eigenvalue weighted by atomic mass is 16.7. The molecule has 1 heterocycles. The number of carbonyl (C=O) groups excluding carboxylic acids is 2. The van der Waals surface area contributed by atoms with Gasteiger partial charge in [-0.3, -0.25) is 9.59 Å². The number of rotatable bonds is 6. The molecule has 1 aliphatic heterocycles. The summed E-state index contributed by atoms with van der Waals surface area (Å²) >= 11 is 0. The minimum absolute atomic E-state index is 0.138. The Morgan fingerprint density at radius 2 is 1.88 bits per heavy atom. The van der Waals surface area contributed by atoms with E-state index in [1.807, 2.05) is 36.4 Å². The Balaban J connectivity index is 1.41. The van der Waals surface area contributed by atoms with Crippen LogP contribution in [0.2, 0.25) is 0 Å². The van der Waals surface area contributed by atoms with E-state index in [0.29, 0.717) is 17.1 Å². The highest BCUT2D eigenvalue weighted by Crippen LogP contribution is 2.32. The fraction of sp³-hybridized carbons (Fsp3) is 0.105. The van der Waals surface area contributed by atoms with Crippen LogP contribution in [0, 0.1) is 0 Å². The second-order valence-electron chi connectivity index (χ2n) is 5.33. The van der Waals surface area contributed by atoms with Gasteiger partial charge in [0.1, 0.15) is 0 Å². The molecular formula is C19H17N3O4. The molecule has 2 N–H and O–H groups in total. The van der Waals surface area contributed by atoms with Crippen molar-refractivity contribution in [3.8, 4) is 11.5 Å². The van der Waals surface area contributed by atoms with E-state index in [-0.39, 0.29) is 19.2 Å². The van der Waals surface area contributed by atoms with Crippen LogP contribution >= 0.6 is 0 Å². The van der Waals surface area contributed by atoms with Gasteiger partial charge in [-0.05, 0) is 29.8 Å². The molecule has 7 heteroatoms. The molecule has 0 aliphatic carbocycles. The predicted octanol–water partition coefficient (Wildman–Crippen LogP) is 1.96. The number of nitrogens with one attached hydrogen (secondary N) is 2. The third kappa shape index (κ3) is 4.70. The maximum absolute atomic E-state index is 12.0. The Morgan fingerprint density at radius 3 is 2.73 bits per heavy atom. The Kier molecular flexibility index (Phi) is 5.61. The van der Waals surface area contributed by atoms with Crippen molar-refractivity contribution in [3.63, 3.8) is 0 Å². The molecule has 0 atom stereocenters. The van der Waals surface area contributed by atoms with Crippen LogP contribution in [-0.2, 0) is 4.79 Å². The van der Waals surface area contributed by atoms with Gasteiger partial charge in [0.05, 0.1) is 6.54 Å². The second-order valence-corrected chi connectivity index (χ2v) is 5.33. The first-order chi connectivity index (χ1) is 12.7. The van der Waals surface area contributed by atoms with Crippen molar-refractivity contribution in [2.75, 3.05) is 13.3 Å². The Bertz CT molecular complexity index is 847. The lowest BCUT2D eigenvalue weighted by molar-refractivity contribution is -0.120. The van der Waals surface area contributed by atoms with Crippen LogP contribution in [0.4, 0.5) is 0 Å². The zero-order valence-corrected chi connectivity index (χ0v) is 13.8. The van der Waals surface area contributed by atoms with Crippen molar-refractivity contribution in [1.82, 2.24) is 10.7 Å². The molecule has 2 amide bonds. The van der Waals surface area contributed by atoms with E-state index in [9.17, 15) is 9.59 Å². The van der Waals surface area contributed by atoms with Crippen LogP contribution in [-0.4, -0.2) is 31.4 Å². The zero-order chi connectivity index (χ0) is 18.2. The second kappa shape index (κ2) is 8.48. The summed E-state index contributed by atoms with van der Waals surface area (Å²) in [5, 5.41) is 6.30. The number of ether oxygens (including phenoxy) is 2. The predicted molar refractivity (Wildman–Crippen MR) is 97.0 cm³/mol. The van der Waals surface area contributed by atoms with Crippen LogP contribution < -0.4 is 20.2 Å². The van der Waals surface area contributed by atoms with Gasteiger partial charge in [0.25, 0.3) is 11.8 Å². The number of hydrogen-bond acceptors (Lipinski definition) is 5. The maximum atomic E-state index is 12.0. The van der Waals surface area contributed by atoms with E-state index in [2.05, 4.69) is 15.8 Å². The molecule has 2 aromatic carbocycles. The van der Waals surface area contributed by atoms with Crippen molar-refractivity contribution in [3.05, 3.63) is 65.7 Å². The highest BCUT2D eigenvalue weighted by Gasteiger charge is 2.16. The van der Waals surface area contributed by atoms with Gasteiger partial charge < -0.3 is 14.8 Å². The normalized spacial score (nSPS) is 12.5. The summed E-state index contributed by atoms with van der Waals surface area (Å²) in [6.45, 7) is -0.0491. The lowest BCUT2D eigenvalue weighted by Crippen LogP contribution is -2.34. The van der Waals surface area contributed by atoms with Crippen LogP contribution in [0.3, 0.4) is 0 Å². The van der Waals surface area contributed by atoms with Crippen molar-refractivity contribution in [2.24, 2.45) is 5.10 Å². The van der Waals surface area contributed by atoms with Crippen LogP contribution in [0.5, 0.6) is 11.5 Å². The number of hydrogen-bond donors (Lipinski definition) is 2. The fourth-order valence-electron chi connectivity index (χ4n) is 2.21. The summed E-state index contributed by atoms with van der Waals surface area (Å²) in [6.07, 6.45) is 5.03. The minimum atomic E-state index is -0.427. The van der Waals surface area contributed by atoms with E-state index >= 15 is 0 Å². The van der Waals surface area contributed by atoms with E-state index in [1.165, 1.54) is 6.21 Å². The molecule has 132 valence electrons. The average molecular weight is 351 g/mol. The third-order valence-electron chi connectivity index (χ3n) is 3.48. The van der Waals surface area contributed by atoms with Crippen molar-refractivity contribution in [1.29, 1.82) is 0 Å². The quantitative estimate of drug-likeness (QED) is 0.615. The minimum Gasteiger partial charge on any atom is -0.454 e. The standard InChI is InChI=1S/C19H17N3O4/c23-18(22-21-10-4-7-14-5-2-1-3-6-14)12-20-19(24)15-8-9-16-17(11-15)26-13-25-16/h1-11H,12-13H2,(H,20,24)(H,22,23)/b7-4+,21-10-. The number of carbonyl (C=O) groups is 2. The van der Waals surface area contributed by atoms with E-state index in [0.717, 1.165) is 5.56 Å². The largest absolute Gasteiger partial charge is 0.454 e. The maximum Gasteiger partial charge on any atom is 0.259 e. The summed E-state index contributed by atoms with van der Waals surface area (Å²) in [4.78, 5) is 23.7. The summed E-state index contributed by atoms with van der Waals surface area (Å²) < 4.78 is 10.4. The van der Waals surface area contributed by atoms with Crippen molar-refractivity contribution in [2.45, 2.75) is 0 Å². The number of fused-ring (bicyclic) bond motifs is 1. The topological polar surface area (TPSA) is 89.0 Å². The first-order valence-corrected chi connectivity index (χ1v) is 7.94. The third-order valence-corrected chi connectivity index (χ3v) is 3.48. The van der Waals surface area contributed by atoms with Gasteiger partial charge in [0.2, 0.25) is 6.79 Å². The molecule has 0 bridgehead atoms. The highest BCUT2D eigenvalue weighted by molar-refractivity contribution is 5.97. The summed E-state index contributed by atoms with van der Waals surface area (Å²) in [7, 11) is 0. The monoisotopic (exact) mass is 351 g/mol. The van der Waals surface area contributed by atoms with E-state index in [1.54, 1.807) is 24.3 Å².